The van der Waals surface area contributed by atoms with Crippen LogP contribution in [0, 0.1) is 5.41 Å². The van der Waals surface area contributed by atoms with E-state index in [-0.39, 0.29) is 11.4 Å². The molecule has 0 radical (unpaired) electrons. The largest absolute Gasteiger partial charge is 0.336 e. The van der Waals surface area contributed by atoms with Crippen LogP contribution in [0.5, 0.6) is 0 Å². The maximum absolute atomic E-state index is 11.9. The molecule has 0 aromatic rings. The van der Waals surface area contributed by atoms with E-state index < -0.39 is 0 Å². The molecule has 0 aromatic heterocycles. The van der Waals surface area contributed by atoms with Crippen molar-refractivity contribution < 1.29 is 4.79 Å². The van der Waals surface area contributed by atoms with Gasteiger partial charge in [-0.2, -0.15) is 0 Å². The van der Waals surface area contributed by atoms with E-state index >= 15 is 0 Å². The van der Waals surface area contributed by atoms with E-state index in [4.69, 9.17) is 0 Å². The van der Waals surface area contributed by atoms with Crippen molar-refractivity contribution >= 4 is 6.03 Å². The van der Waals surface area contributed by atoms with Gasteiger partial charge in [-0.05, 0) is 32.4 Å². The van der Waals surface area contributed by atoms with Crippen LogP contribution in [0.4, 0.5) is 4.79 Å². The van der Waals surface area contributed by atoms with Gasteiger partial charge in [0, 0.05) is 38.1 Å². The molecular formula is C17H36N4O. The number of nitrogens with zero attached hydrogens (tertiary/aromatic N) is 1. The number of carbonyl (C=O) groups is 1. The Labute approximate surface area is 136 Å². The molecule has 5 nitrogen and oxygen atoms in total. The highest BCUT2D eigenvalue weighted by molar-refractivity contribution is 5.76. The van der Waals surface area contributed by atoms with Crippen LogP contribution in [0.2, 0.25) is 0 Å². The maximum Gasteiger partial charge on any atom is 0.317 e. The Hall–Kier alpha value is -0.810. The summed E-state index contributed by atoms with van der Waals surface area (Å²) in [6, 6.07) is 0.0972. The van der Waals surface area contributed by atoms with Crippen LogP contribution in [0.15, 0.2) is 0 Å². The Balaban J connectivity index is 2.56. The minimum absolute atomic E-state index is 0.0972. The first-order chi connectivity index (χ1) is 10.7. The zero-order valence-corrected chi connectivity index (χ0v) is 14.8. The van der Waals surface area contributed by atoms with Crippen LogP contribution >= 0.6 is 0 Å². The lowest BCUT2D eigenvalue weighted by Gasteiger charge is -2.36. The number of unbranched alkanes of at least 4 members (excludes halogenated alkanes) is 2. The first kappa shape index (κ1) is 19.2. The normalized spacial score (nSPS) is 15.4. The molecule has 0 aromatic carbocycles. The second kappa shape index (κ2) is 10.8. The smallest absolute Gasteiger partial charge is 0.317 e. The van der Waals surface area contributed by atoms with Crippen LogP contribution in [-0.4, -0.2) is 56.7 Å². The molecule has 0 aliphatic carbocycles. The summed E-state index contributed by atoms with van der Waals surface area (Å²) in [4.78, 5) is 13.9. The molecular weight excluding hydrogens is 276 g/mol. The molecule has 1 heterocycles. The van der Waals surface area contributed by atoms with Gasteiger partial charge in [-0.3, -0.25) is 0 Å². The minimum Gasteiger partial charge on any atom is -0.336 e. The van der Waals surface area contributed by atoms with Crippen molar-refractivity contribution in [3.63, 3.8) is 0 Å². The fourth-order valence-corrected chi connectivity index (χ4v) is 2.91. The number of hydrogen-bond acceptors (Lipinski definition) is 3. The zero-order valence-electron chi connectivity index (χ0n) is 14.8. The molecule has 22 heavy (non-hydrogen) atoms. The summed E-state index contributed by atoms with van der Waals surface area (Å²) in [6.45, 7) is 13.2. The summed E-state index contributed by atoms with van der Waals surface area (Å²) in [7, 11) is 0. The van der Waals surface area contributed by atoms with Gasteiger partial charge in [-0.1, -0.05) is 33.6 Å². The lowest BCUT2D eigenvalue weighted by molar-refractivity contribution is 0.159. The second-order valence-corrected chi connectivity index (χ2v) is 6.57. The van der Waals surface area contributed by atoms with Crippen molar-refractivity contribution in [1.29, 1.82) is 0 Å². The lowest BCUT2D eigenvalue weighted by Crippen LogP contribution is -2.50. The van der Waals surface area contributed by atoms with E-state index in [1.54, 1.807) is 0 Å². The second-order valence-electron chi connectivity index (χ2n) is 6.57. The highest BCUT2D eigenvalue weighted by Crippen LogP contribution is 2.23. The van der Waals surface area contributed by atoms with Crippen LogP contribution in [-0.2, 0) is 0 Å². The standard InChI is InChI=1S/C17H36N4O/c1-4-7-9-18-13-17(6-3,14-19-10-8-5-2)15-21-12-11-20-16(21)22/h18-19H,4-15H2,1-3H3,(H,20,22). The van der Waals surface area contributed by atoms with Gasteiger partial charge in [0.1, 0.15) is 0 Å². The average molecular weight is 313 g/mol. The topological polar surface area (TPSA) is 56.4 Å². The number of amides is 2. The van der Waals surface area contributed by atoms with Gasteiger partial charge in [-0.25, -0.2) is 4.79 Å². The summed E-state index contributed by atoms with van der Waals surface area (Å²) < 4.78 is 0. The van der Waals surface area contributed by atoms with Gasteiger partial charge in [-0.15, -0.1) is 0 Å². The van der Waals surface area contributed by atoms with E-state index in [9.17, 15) is 4.79 Å². The molecule has 1 saturated heterocycles. The first-order valence-electron chi connectivity index (χ1n) is 9.11. The molecule has 1 fully saturated rings. The third-order valence-corrected chi connectivity index (χ3v) is 4.64. The zero-order chi connectivity index (χ0) is 16.3. The van der Waals surface area contributed by atoms with Crippen LogP contribution in [0.1, 0.15) is 52.9 Å². The Kier molecular flexibility index (Phi) is 9.48. The maximum atomic E-state index is 11.9. The number of rotatable bonds is 13. The molecule has 3 N–H and O–H groups in total. The number of hydrogen-bond donors (Lipinski definition) is 3. The molecule has 0 unspecified atom stereocenters. The van der Waals surface area contributed by atoms with E-state index in [0.717, 1.165) is 52.2 Å². The number of urea groups is 1. The molecule has 1 aliphatic rings. The molecule has 0 atom stereocenters. The highest BCUT2D eigenvalue weighted by atomic mass is 16.2. The number of carbonyl (C=O) groups excluding carboxylic acids is 1. The van der Waals surface area contributed by atoms with E-state index in [0.29, 0.717) is 0 Å². The summed E-state index contributed by atoms with van der Waals surface area (Å²) in [5.41, 5.74) is 0.128. The predicted molar refractivity (Wildman–Crippen MR) is 93.3 cm³/mol. The molecule has 1 aliphatic heterocycles. The van der Waals surface area contributed by atoms with Crippen LogP contribution in [0.25, 0.3) is 0 Å². The highest BCUT2D eigenvalue weighted by Gasteiger charge is 2.33. The lowest BCUT2D eigenvalue weighted by atomic mass is 9.84. The van der Waals surface area contributed by atoms with E-state index in [1.165, 1.54) is 25.7 Å². The van der Waals surface area contributed by atoms with Gasteiger partial charge in [0.15, 0.2) is 0 Å². The third kappa shape index (κ3) is 6.53. The Morgan fingerprint density at radius 2 is 1.68 bits per heavy atom. The summed E-state index contributed by atoms with van der Waals surface area (Å²) in [5.74, 6) is 0. The van der Waals surface area contributed by atoms with Crippen molar-refractivity contribution in [2.75, 3.05) is 45.8 Å². The van der Waals surface area contributed by atoms with Gasteiger partial charge >= 0.3 is 6.03 Å². The monoisotopic (exact) mass is 312 g/mol. The Bertz CT molecular complexity index is 297. The molecule has 130 valence electrons. The molecule has 0 saturated carbocycles. The molecule has 1 rings (SSSR count). The average Bonchev–Trinajstić information content (AvgIpc) is 2.92. The molecule has 0 bridgehead atoms. The van der Waals surface area contributed by atoms with Gasteiger partial charge < -0.3 is 20.9 Å². The number of nitrogens with one attached hydrogen (secondary N) is 3. The summed E-state index contributed by atoms with van der Waals surface area (Å²) in [6.07, 6.45) is 5.94. The Morgan fingerprint density at radius 1 is 1.09 bits per heavy atom. The summed E-state index contributed by atoms with van der Waals surface area (Å²) in [5, 5.41) is 10.1. The quantitative estimate of drug-likeness (QED) is 0.457. The van der Waals surface area contributed by atoms with E-state index in [2.05, 4.69) is 36.7 Å². The molecule has 2 amide bonds. The first-order valence-corrected chi connectivity index (χ1v) is 9.11. The van der Waals surface area contributed by atoms with Crippen LogP contribution < -0.4 is 16.0 Å². The van der Waals surface area contributed by atoms with Crippen molar-refractivity contribution in [3.05, 3.63) is 0 Å². The van der Waals surface area contributed by atoms with Crippen molar-refractivity contribution in [1.82, 2.24) is 20.9 Å². The van der Waals surface area contributed by atoms with Gasteiger partial charge in [0.2, 0.25) is 0 Å². The third-order valence-electron chi connectivity index (χ3n) is 4.64. The Morgan fingerprint density at radius 3 is 2.09 bits per heavy atom. The minimum atomic E-state index is 0.0972. The van der Waals surface area contributed by atoms with E-state index in [1.807, 2.05) is 4.90 Å². The van der Waals surface area contributed by atoms with Gasteiger partial charge in [0.25, 0.3) is 0 Å². The summed E-state index contributed by atoms with van der Waals surface area (Å²) >= 11 is 0. The predicted octanol–water partition coefficient (Wildman–Crippen LogP) is 2.19. The van der Waals surface area contributed by atoms with Gasteiger partial charge in [0.05, 0.1) is 0 Å². The van der Waals surface area contributed by atoms with Crippen molar-refractivity contribution in [2.45, 2.75) is 52.9 Å². The van der Waals surface area contributed by atoms with Crippen molar-refractivity contribution in [3.8, 4) is 0 Å². The fourth-order valence-electron chi connectivity index (χ4n) is 2.91. The SMILES string of the molecule is CCCCNCC(CC)(CNCCCC)CN1CCNC1=O. The molecule has 5 heteroatoms. The molecule has 0 spiro atoms. The van der Waals surface area contributed by atoms with Crippen molar-refractivity contribution in [2.24, 2.45) is 5.41 Å². The fraction of sp³-hybridized carbons (Fsp3) is 0.941. The van der Waals surface area contributed by atoms with Crippen LogP contribution in [0.3, 0.4) is 0 Å².